The van der Waals surface area contributed by atoms with Gasteiger partial charge in [0.2, 0.25) is 0 Å². The highest BCUT2D eigenvalue weighted by Crippen LogP contribution is 2.51. The van der Waals surface area contributed by atoms with Crippen molar-refractivity contribution in [3.63, 3.8) is 0 Å². The lowest BCUT2D eigenvalue weighted by Crippen LogP contribution is -2.37. The summed E-state index contributed by atoms with van der Waals surface area (Å²) in [4.78, 5) is 14.2. The molecule has 2 heterocycles. The molecule has 0 saturated carbocycles. The zero-order valence-electron chi connectivity index (χ0n) is 13.8. The molecule has 5 nitrogen and oxygen atoms in total. The molecule has 1 saturated heterocycles. The number of likely N-dealkylation sites (N-methyl/N-ethyl adjacent to an activating group) is 1. The smallest absolute Gasteiger partial charge is 0.410 e. The standard InChI is InChI=1S/C19H20N2O3/c1-19-10-11-23-17(19)21(2)16-9-8-14(12-15(16)19)24-18(22)20-13-6-4-3-5-7-13/h3-9,12,17H,10-11H2,1-2H3,(H,20,22)/t17-,19-/m0/s1. The van der Waals surface area contributed by atoms with Crippen molar-refractivity contribution in [1.29, 1.82) is 0 Å². The van der Waals surface area contributed by atoms with Crippen LogP contribution in [0.2, 0.25) is 0 Å². The molecule has 2 aromatic rings. The maximum atomic E-state index is 12.1. The van der Waals surface area contributed by atoms with Crippen LogP contribution < -0.4 is 15.0 Å². The molecule has 0 spiro atoms. The average Bonchev–Trinajstić information content (AvgIpc) is 3.05. The number of para-hydroxylation sites is 1. The van der Waals surface area contributed by atoms with E-state index in [-0.39, 0.29) is 11.6 Å². The summed E-state index contributed by atoms with van der Waals surface area (Å²) in [6, 6.07) is 15.0. The Hall–Kier alpha value is -2.53. The van der Waals surface area contributed by atoms with Crippen LogP contribution in [-0.2, 0) is 10.2 Å². The Labute approximate surface area is 141 Å². The van der Waals surface area contributed by atoms with E-state index in [0.29, 0.717) is 11.4 Å². The van der Waals surface area contributed by atoms with Crippen LogP contribution in [0, 0.1) is 0 Å². The van der Waals surface area contributed by atoms with Gasteiger partial charge in [0.1, 0.15) is 12.0 Å². The fourth-order valence-corrected chi connectivity index (χ4v) is 3.74. The molecule has 0 radical (unpaired) electrons. The highest BCUT2D eigenvalue weighted by Gasteiger charge is 2.50. The van der Waals surface area contributed by atoms with Gasteiger partial charge in [0.25, 0.3) is 0 Å². The lowest BCUT2D eigenvalue weighted by molar-refractivity contribution is 0.0920. The molecule has 2 aliphatic rings. The van der Waals surface area contributed by atoms with Crippen molar-refractivity contribution in [1.82, 2.24) is 0 Å². The first-order chi connectivity index (χ1) is 11.6. The molecule has 0 bridgehead atoms. The molecule has 1 fully saturated rings. The molecule has 124 valence electrons. The lowest BCUT2D eigenvalue weighted by atomic mass is 9.82. The molecule has 0 aromatic heterocycles. The Morgan fingerprint density at radius 1 is 1.29 bits per heavy atom. The van der Waals surface area contributed by atoms with E-state index >= 15 is 0 Å². The van der Waals surface area contributed by atoms with Crippen molar-refractivity contribution in [2.24, 2.45) is 0 Å². The third kappa shape index (κ3) is 2.32. The number of anilines is 2. The second-order valence-corrected chi connectivity index (χ2v) is 6.56. The number of amides is 1. The fourth-order valence-electron chi connectivity index (χ4n) is 3.74. The van der Waals surface area contributed by atoms with Crippen molar-refractivity contribution >= 4 is 17.5 Å². The number of benzene rings is 2. The summed E-state index contributed by atoms with van der Waals surface area (Å²) in [6.45, 7) is 2.96. The van der Waals surface area contributed by atoms with E-state index in [9.17, 15) is 4.79 Å². The van der Waals surface area contributed by atoms with Crippen LogP contribution in [-0.4, -0.2) is 26.0 Å². The molecule has 5 heteroatoms. The minimum Gasteiger partial charge on any atom is -0.410 e. The fraction of sp³-hybridized carbons (Fsp3) is 0.316. The summed E-state index contributed by atoms with van der Waals surface area (Å²) in [7, 11) is 2.04. The van der Waals surface area contributed by atoms with Crippen LogP contribution in [0.5, 0.6) is 5.75 Å². The number of hydrogen-bond donors (Lipinski definition) is 1. The van der Waals surface area contributed by atoms with Crippen LogP contribution in [0.15, 0.2) is 48.5 Å². The van der Waals surface area contributed by atoms with E-state index in [2.05, 4.69) is 17.1 Å². The first-order valence-electron chi connectivity index (χ1n) is 8.11. The number of rotatable bonds is 2. The van der Waals surface area contributed by atoms with Gasteiger partial charge >= 0.3 is 6.09 Å². The van der Waals surface area contributed by atoms with E-state index in [1.54, 1.807) is 0 Å². The van der Waals surface area contributed by atoms with Gasteiger partial charge in [0.15, 0.2) is 0 Å². The minimum atomic E-state index is -0.489. The van der Waals surface area contributed by atoms with Gasteiger partial charge < -0.3 is 14.4 Å². The normalized spacial score (nSPS) is 24.4. The summed E-state index contributed by atoms with van der Waals surface area (Å²) in [5.74, 6) is 0.546. The zero-order chi connectivity index (χ0) is 16.7. The van der Waals surface area contributed by atoms with Crippen LogP contribution in [0.1, 0.15) is 18.9 Å². The van der Waals surface area contributed by atoms with Crippen LogP contribution >= 0.6 is 0 Å². The molecule has 0 aliphatic carbocycles. The van der Waals surface area contributed by atoms with Gasteiger partial charge in [-0.25, -0.2) is 4.79 Å². The molecule has 2 atom stereocenters. The van der Waals surface area contributed by atoms with E-state index in [0.717, 1.165) is 18.7 Å². The van der Waals surface area contributed by atoms with Crippen molar-refractivity contribution in [3.05, 3.63) is 54.1 Å². The molecule has 4 rings (SSSR count). The SMILES string of the molecule is CN1c2ccc(OC(=O)Nc3ccccc3)cc2[C@]2(C)CCO[C@H]12. The molecule has 24 heavy (non-hydrogen) atoms. The summed E-state index contributed by atoms with van der Waals surface area (Å²) in [5, 5.41) is 2.73. The number of carbonyl (C=O) groups excluding carboxylic acids is 1. The maximum Gasteiger partial charge on any atom is 0.417 e. The van der Waals surface area contributed by atoms with Crippen molar-refractivity contribution < 1.29 is 14.3 Å². The first-order valence-corrected chi connectivity index (χ1v) is 8.11. The molecular formula is C19H20N2O3. The van der Waals surface area contributed by atoms with Gasteiger partial charge in [0, 0.05) is 23.8 Å². The number of carbonyl (C=O) groups is 1. The highest BCUT2D eigenvalue weighted by atomic mass is 16.6. The monoisotopic (exact) mass is 324 g/mol. The topological polar surface area (TPSA) is 50.8 Å². The van der Waals surface area contributed by atoms with Crippen LogP contribution in [0.25, 0.3) is 0 Å². The van der Waals surface area contributed by atoms with Gasteiger partial charge in [-0.3, -0.25) is 5.32 Å². The molecule has 1 N–H and O–H groups in total. The Balaban J connectivity index is 1.55. The quantitative estimate of drug-likeness (QED) is 0.914. The van der Waals surface area contributed by atoms with Crippen molar-refractivity contribution in [2.75, 3.05) is 23.9 Å². The van der Waals surface area contributed by atoms with Gasteiger partial charge in [-0.1, -0.05) is 25.1 Å². The second-order valence-electron chi connectivity index (χ2n) is 6.56. The zero-order valence-corrected chi connectivity index (χ0v) is 13.8. The van der Waals surface area contributed by atoms with Crippen LogP contribution in [0.4, 0.5) is 16.2 Å². The Kier molecular flexibility index (Phi) is 3.46. The van der Waals surface area contributed by atoms with E-state index in [1.807, 2.05) is 55.6 Å². The van der Waals surface area contributed by atoms with Crippen LogP contribution in [0.3, 0.4) is 0 Å². The lowest BCUT2D eigenvalue weighted by Gasteiger charge is -2.26. The molecule has 1 amide bonds. The summed E-state index contributed by atoms with van der Waals surface area (Å²) >= 11 is 0. The van der Waals surface area contributed by atoms with Crippen molar-refractivity contribution in [3.8, 4) is 5.75 Å². The summed E-state index contributed by atoms with van der Waals surface area (Å²) < 4.78 is 11.3. The molecule has 2 aliphatic heterocycles. The highest BCUT2D eigenvalue weighted by molar-refractivity contribution is 5.86. The van der Waals surface area contributed by atoms with Gasteiger partial charge in [0.05, 0.1) is 6.61 Å². The first kappa shape index (κ1) is 15.0. The number of fused-ring (bicyclic) bond motifs is 3. The number of hydrogen-bond acceptors (Lipinski definition) is 4. The summed E-state index contributed by atoms with van der Waals surface area (Å²) in [6.07, 6.45) is 0.534. The van der Waals surface area contributed by atoms with Gasteiger partial charge in [-0.05, 0) is 42.3 Å². The summed E-state index contributed by atoms with van der Waals surface area (Å²) in [5.41, 5.74) is 2.97. The average molecular weight is 324 g/mol. The largest absolute Gasteiger partial charge is 0.417 e. The number of ether oxygens (including phenoxy) is 2. The van der Waals surface area contributed by atoms with E-state index < -0.39 is 6.09 Å². The maximum absolute atomic E-state index is 12.1. The molecule has 2 aromatic carbocycles. The third-order valence-corrected chi connectivity index (χ3v) is 4.99. The van der Waals surface area contributed by atoms with E-state index in [1.165, 1.54) is 5.56 Å². The minimum absolute atomic E-state index is 0.0562. The predicted octanol–water partition coefficient (Wildman–Crippen LogP) is 3.75. The number of nitrogens with one attached hydrogen (secondary N) is 1. The predicted molar refractivity (Wildman–Crippen MR) is 92.6 cm³/mol. The van der Waals surface area contributed by atoms with Gasteiger partial charge in [-0.15, -0.1) is 0 Å². The Morgan fingerprint density at radius 2 is 2.08 bits per heavy atom. The second kappa shape index (κ2) is 5.53. The van der Waals surface area contributed by atoms with Gasteiger partial charge in [-0.2, -0.15) is 0 Å². The Morgan fingerprint density at radius 3 is 2.88 bits per heavy atom. The Bertz CT molecular complexity index is 777. The van der Waals surface area contributed by atoms with Crippen molar-refractivity contribution in [2.45, 2.75) is 25.0 Å². The number of nitrogens with zero attached hydrogens (tertiary/aromatic N) is 1. The van der Waals surface area contributed by atoms with E-state index in [4.69, 9.17) is 9.47 Å². The molecule has 0 unspecified atom stereocenters. The molecular weight excluding hydrogens is 304 g/mol. The third-order valence-electron chi connectivity index (χ3n) is 4.99.